The van der Waals surface area contributed by atoms with Gasteiger partial charge in [0.1, 0.15) is 11.2 Å². The van der Waals surface area contributed by atoms with Gasteiger partial charge in [-0.15, -0.1) is 11.3 Å². The van der Waals surface area contributed by atoms with Crippen molar-refractivity contribution >= 4 is 53.4 Å². The van der Waals surface area contributed by atoms with Gasteiger partial charge in [0.05, 0.1) is 0 Å². The molecule has 0 atom stereocenters. The summed E-state index contributed by atoms with van der Waals surface area (Å²) in [6.07, 6.45) is 0. The van der Waals surface area contributed by atoms with Gasteiger partial charge >= 0.3 is 0 Å². The highest BCUT2D eigenvalue weighted by Gasteiger charge is 2.16. The molecule has 7 aromatic carbocycles. The zero-order valence-corrected chi connectivity index (χ0v) is 27.6. The maximum atomic E-state index is 6.45. The van der Waals surface area contributed by atoms with Crippen molar-refractivity contribution in [2.75, 3.05) is 0 Å². The first-order valence-electron chi connectivity index (χ1n) is 16.6. The molecule has 0 radical (unpaired) electrons. The molecule has 0 saturated carbocycles. The van der Waals surface area contributed by atoms with Crippen molar-refractivity contribution in [2.45, 2.75) is 0 Å². The van der Waals surface area contributed by atoms with Crippen LogP contribution < -0.4 is 0 Å². The summed E-state index contributed by atoms with van der Waals surface area (Å²) in [5.41, 5.74) is 9.18. The van der Waals surface area contributed by atoms with Crippen LogP contribution in [0.15, 0.2) is 168 Å². The standard InChI is InChI=1S/C45H27N3OS/c1-3-10-29(11-4-1)43-46-44(30-12-5-2-6-13-30)48-45(47-43)31-20-18-28(19-21-31)32-14-9-15-33(26-32)34-22-23-37-39(27-34)49-38-25-24-36-35-16-7-8-17-40(35)50-42(36)41(37)38/h1-27H. The summed E-state index contributed by atoms with van der Waals surface area (Å²) < 4.78 is 9.03. The number of hydrogen-bond acceptors (Lipinski definition) is 5. The third-order valence-electron chi connectivity index (χ3n) is 9.35. The maximum absolute atomic E-state index is 6.45. The molecule has 3 heterocycles. The number of hydrogen-bond donors (Lipinski definition) is 0. The fraction of sp³-hybridized carbons (Fsp3) is 0. The fourth-order valence-corrected chi connectivity index (χ4v) is 8.11. The molecule has 50 heavy (non-hydrogen) atoms. The number of rotatable bonds is 5. The Bertz CT molecular complexity index is 2800. The van der Waals surface area contributed by atoms with E-state index in [9.17, 15) is 0 Å². The summed E-state index contributed by atoms with van der Waals surface area (Å²) in [6.45, 7) is 0. The molecular formula is C45H27N3OS. The fourth-order valence-electron chi connectivity index (χ4n) is 6.85. The van der Waals surface area contributed by atoms with Gasteiger partial charge in [-0.25, -0.2) is 15.0 Å². The Hall–Kier alpha value is -6.43. The second kappa shape index (κ2) is 11.6. The van der Waals surface area contributed by atoms with Crippen molar-refractivity contribution in [3.8, 4) is 56.4 Å². The van der Waals surface area contributed by atoms with E-state index in [2.05, 4.69) is 103 Å². The first-order chi connectivity index (χ1) is 24.7. The first-order valence-corrected chi connectivity index (χ1v) is 17.4. The van der Waals surface area contributed by atoms with Gasteiger partial charge in [0.15, 0.2) is 17.5 Å². The predicted molar refractivity (Wildman–Crippen MR) is 207 cm³/mol. The van der Waals surface area contributed by atoms with Crippen LogP contribution in [-0.2, 0) is 0 Å². The zero-order valence-electron chi connectivity index (χ0n) is 26.7. The number of nitrogens with zero attached hydrogens (tertiary/aromatic N) is 3. The second-order valence-electron chi connectivity index (χ2n) is 12.4. The molecule has 0 fully saturated rings. The van der Waals surface area contributed by atoms with Crippen LogP contribution >= 0.6 is 11.3 Å². The lowest BCUT2D eigenvalue weighted by Crippen LogP contribution is -2.00. The first kappa shape index (κ1) is 28.6. The molecule has 0 amide bonds. The average molecular weight is 658 g/mol. The SMILES string of the molecule is c1ccc(-c2nc(-c3ccccc3)nc(-c3ccc(-c4cccc(-c5ccc6c(c5)oc5ccc7c8ccccc8sc7c56)c4)cc3)n2)cc1. The summed E-state index contributed by atoms with van der Waals surface area (Å²) in [5, 5.41) is 4.93. The average Bonchev–Trinajstić information content (AvgIpc) is 3.76. The molecule has 0 unspecified atom stereocenters. The van der Waals surface area contributed by atoms with Gasteiger partial charge in [0.2, 0.25) is 0 Å². The Kier molecular flexibility index (Phi) is 6.64. The monoisotopic (exact) mass is 657 g/mol. The quantitative estimate of drug-likeness (QED) is 0.185. The van der Waals surface area contributed by atoms with Crippen molar-refractivity contribution in [3.05, 3.63) is 164 Å². The Labute approximate surface area is 292 Å². The molecule has 4 nitrogen and oxygen atoms in total. The van der Waals surface area contributed by atoms with Crippen molar-refractivity contribution in [2.24, 2.45) is 0 Å². The topological polar surface area (TPSA) is 51.8 Å². The molecular weight excluding hydrogens is 631 g/mol. The van der Waals surface area contributed by atoms with Crippen LogP contribution in [0.4, 0.5) is 0 Å². The van der Waals surface area contributed by atoms with Crippen LogP contribution in [0.5, 0.6) is 0 Å². The molecule has 3 aromatic heterocycles. The van der Waals surface area contributed by atoms with Gasteiger partial charge < -0.3 is 4.42 Å². The summed E-state index contributed by atoms with van der Waals surface area (Å²) >= 11 is 1.84. The summed E-state index contributed by atoms with van der Waals surface area (Å²) in [5.74, 6) is 1.95. The second-order valence-corrected chi connectivity index (χ2v) is 13.5. The van der Waals surface area contributed by atoms with E-state index < -0.39 is 0 Å². The van der Waals surface area contributed by atoms with Gasteiger partial charge in [0, 0.05) is 47.6 Å². The maximum Gasteiger partial charge on any atom is 0.164 e. The normalized spacial score (nSPS) is 11.6. The lowest BCUT2D eigenvalue weighted by molar-refractivity contribution is 0.669. The van der Waals surface area contributed by atoms with Gasteiger partial charge in [-0.2, -0.15) is 0 Å². The van der Waals surface area contributed by atoms with Crippen molar-refractivity contribution in [1.29, 1.82) is 0 Å². The van der Waals surface area contributed by atoms with Gasteiger partial charge in [-0.1, -0.05) is 127 Å². The Morgan fingerprint density at radius 1 is 0.360 bits per heavy atom. The minimum Gasteiger partial charge on any atom is -0.456 e. The smallest absolute Gasteiger partial charge is 0.164 e. The van der Waals surface area contributed by atoms with E-state index >= 15 is 0 Å². The molecule has 0 spiro atoms. The number of furan rings is 1. The number of aromatic nitrogens is 3. The summed E-state index contributed by atoms with van der Waals surface area (Å²) in [7, 11) is 0. The van der Waals surface area contributed by atoms with Crippen LogP contribution in [-0.4, -0.2) is 15.0 Å². The van der Waals surface area contributed by atoms with E-state index in [1.807, 2.05) is 72.0 Å². The summed E-state index contributed by atoms with van der Waals surface area (Å²) in [4.78, 5) is 14.6. The van der Waals surface area contributed by atoms with Crippen LogP contribution in [0.2, 0.25) is 0 Å². The highest BCUT2D eigenvalue weighted by Crippen LogP contribution is 2.43. The third-order valence-corrected chi connectivity index (χ3v) is 10.6. The molecule has 0 aliphatic heterocycles. The minimum absolute atomic E-state index is 0.644. The largest absolute Gasteiger partial charge is 0.456 e. The highest BCUT2D eigenvalue weighted by atomic mass is 32.1. The lowest BCUT2D eigenvalue weighted by Gasteiger charge is -2.10. The van der Waals surface area contributed by atoms with Gasteiger partial charge in [-0.05, 0) is 58.7 Å². The van der Waals surface area contributed by atoms with Gasteiger partial charge in [-0.3, -0.25) is 0 Å². The van der Waals surface area contributed by atoms with Crippen LogP contribution in [0.25, 0.3) is 98.5 Å². The minimum atomic E-state index is 0.644. The molecule has 5 heteroatoms. The highest BCUT2D eigenvalue weighted by molar-refractivity contribution is 7.26. The van der Waals surface area contributed by atoms with E-state index in [0.717, 1.165) is 55.5 Å². The van der Waals surface area contributed by atoms with Gasteiger partial charge in [0.25, 0.3) is 0 Å². The van der Waals surface area contributed by atoms with Crippen molar-refractivity contribution < 1.29 is 4.42 Å². The van der Waals surface area contributed by atoms with Crippen LogP contribution in [0.3, 0.4) is 0 Å². The Balaban J connectivity index is 0.998. The molecule has 10 aromatic rings. The number of fused-ring (bicyclic) bond motifs is 7. The van der Waals surface area contributed by atoms with Crippen LogP contribution in [0.1, 0.15) is 0 Å². The molecule has 0 aliphatic rings. The molecule has 0 N–H and O–H groups in total. The molecule has 0 bridgehead atoms. The van der Waals surface area contributed by atoms with E-state index in [4.69, 9.17) is 19.4 Å². The van der Waals surface area contributed by atoms with E-state index in [-0.39, 0.29) is 0 Å². The van der Waals surface area contributed by atoms with E-state index in [1.54, 1.807) is 0 Å². The molecule has 0 saturated heterocycles. The van der Waals surface area contributed by atoms with E-state index in [0.29, 0.717) is 17.5 Å². The number of thiophene rings is 1. The number of benzene rings is 7. The Morgan fingerprint density at radius 2 is 0.880 bits per heavy atom. The molecule has 234 valence electrons. The zero-order chi connectivity index (χ0) is 33.0. The van der Waals surface area contributed by atoms with Crippen molar-refractivity contribution in [1.82, 2.24) is 15.0 Å². The summed E-state index contributed by atoms with van der Waals surface area (Å²) in [6, 6.07) is 56.8. The van der Waals surface area contributed by atoms with E-state index in [1.165, 1.54) is 25.6 Å². The Morgan fingerprint density at radius 3 is 1.58 bits per heavy atom. The third kappa shape index (κ3) is 4.87. The van der Waals surface area contributed by atoms with Crippen LogP contribution in [0, 0.1) is 0 Å². The molecule has 0 aliphatic carbocycles. The van der Waals surface area contributed by atoms with Crippen molar-refractivity contribution in [3.63, 3.8) is 0 Å². The lowest BCUT2D eigenvalue weighted by atomic mass is 9.97. The predicted octanol–water partition coefficient (Wildman–Crippen LogP) is 12.5. The molecule has 10 rings (SSSR count).